The van der Waals surface area contributed by atoms with E-state index in [0.717, 1.165) is 28.6 Å². The molecule has 0 aromatic carbocycles. The summed E-state index contributed by atoms with van der Waals surface area (Å²) in [6.45, 7) is 22.2. The number of likely N-dealkylation sites (N-methyl/N-ethyl adjacent to an activating group) is 2. The van der Waals surface area contributed by atoms with Gasteiger partial charge in [-0.1, -0.05) is 40.9 Å². The van der Waals surface area contributed by atoms with Crippen molar-refractivity contribution in [3.05, 3.63) is 25.3 Å². The van der Waals surface area contributed by atoms with E-state index in [9.17, 15) is 9.59 Å². The smallest absolute Gasteiger partial charge is 0.243 e. The number of nitrogens with one attached hydrogen (secondary N) is 2. The van der Waals surface area contributed by atoms with Crippen molar-refractivity contribution in [3.8, 4) is 0 Å². The van der Waals surface area contributed by atoms with E-state index < -0.39 is 0 Å². The maximum absolute atomic E-state index is 11.5. The first-order valence-corrected chi connectivity index (χ1v) is 10.4. The third kappa shape index (κ3) is 11.2. The first kappa shape index (κ1) is 27.3. The zero-order valence-electron chi connectivity index (χ0n) is 20.4. The lowest BCUT2D eigenvalue weighted by Gasteiger charge is -2.45. The van der Waals surface area contributed by atoms with Crippen LogP contribution in [-0.4, -0.2) is 87.7 Å². The summed E-state index contributed by atoms with van der Waals surface area (Å²) < 4.78 is 1.74. The average Bonchev–Trinajstić information content (AvgIpc) is 2.55. The molecule has 6 nitrogen and oxygen atoms in total. The summed E-state index contributed by atoms with van der Waals surface area (Å²) >= 11 is 0. The van der Waals surface area contributed by atoms with E-state index in [0.29, 0.717) is 19.1 Å². The van der Waals surface area contributed by atoms with Gasteiger partial charge in [0, 0.05) is 23.9 Å². The van der Waals surface area contributed by atoms with Crippen molar-refractivity contribution < 1.29 is 18.6 Å². The molecular weight excluding hydrogens is 364 g/mol. The zero-order valence-corrected chi connectivity index (χ0v) is 20.4. The summed E-state index contributed by atoms with van der Waals surface area (Å²) in [7, 11) is 9.03. The number of amides is 2. The zero-order chi connectivity index (χ0) is 23.1. The fourth-order valence-corrected chi connectivity index (χ4v) is 4.33. The van der Waals surface area contributed by atoms with Crippen molar-refractivity contribution in [2.45, 2.75) is 40.7 Å². The number of rotatable bonds is 13. The highest BCUT2D eigenvalue weighted by Gasteiger charge is 2.38. The lowest BCUT2D eigenvalue weighted by molar-refractivity contribution is -0.968. The summed E-state index contributed by atoms with van der Waals surface area (Å²) in [6, 6.07) is 0.429. The predicted octanol–water partition coefficient (Wildman–Crippen LogP) is 2.18. The molecule has 1 atom stereocenters. The van der Waals surface area contributed by atoms with Gasteiger partial charge in [-0.05, 0) is 19.1 Å². The van der Waals surface area contributed by atoms with Gasteiger partial charge in [-0.3, -0.25) is 9.59 Å². The molecule has 0 fully saturated rings. The van der Waals surface area contributed by atoms with E-state index in [1.807, 2.05) is 0 Å². The Hall–Kier alpha value is -1.66. The topological polar surface area (TPSA) is 58.2 Å². The lowest BCUT2D eigenvalue weighted by Crippen LogP contribution is -2.61. The molecule has 0 aliphatic carbocycles. The van der Waals surface area contributed by atoms with Crippen molar-refractivity contribution in [1.82, 2.24) is 10.6 Å². The monoisotopic (exact) mass is 410 g/mol. The fraction of sp³-hybridized carbons (Fsp3) is 0.739. The van der Waals surface area contributed by atoms with Crippen molar-refractivity contribution in [1.29, 1.82) is 0 Å². The van der Waals surface area contributed by atoms with E-state index in [1.54, 1.807) is 0 Å². The molecule has 1 unspecified atom stereocenters. The van der Waals surface area contributed by atoms with E-state index in [2.05, 4.69) is 86.6 Å². The van der Waals surface area contributed by atoms with Gasteiger partial charge in [-0.25, -0.2) is 0 Å². The van der Waals surface area contributed by atoms with Crippen molar-refractivity contribution in [2.24, 2.45) is 10.8 Å². The van der Waals surface area contributed by atoms with Crippen LogP contribution in [0, 0.1) is 10.8 Å². The maximum atomic E-state index is 11.5. The van der Waals surface area contributed by atoms with Crippen LogP contribution in [0.2, 0.25) is 0 Å². The predicted molar refractivity (Wildman–Crippen MR) is 122 cm³/mol. The van der Waals surface area contributed by atoms with E-state index in [1.165, 1.54) is 12.2 Å². The van der Waals surface area contributed by atoms with Gasteiger partial charge in [0.05, 0.1) is 41.3 Å². The summed E-state index contributed by atoms with van der Waals surface area (Å²) in [5.41, 5.74) is -0.0465. The normalized spacial score (nSPS) is 14.1. The summed E-state index contributed by atoms with van der Waals surface area (Å²) in [5.74, 6) is -0.250. The Morgan fingerprint density at radius 3 is 1.62 bits per heavy atom. The number of carbonyl (C=O) groups is 2. The molecule has 0 spiro atoms. The number of quaternary nitrogens is 2. The SMILES string of the molecule is C=CC(=O)NCC(C)(C)C[N+](C)(C)CC(C)[N+](C)(C)CC(C)(C)CNC(=O)C=C. The molecule has 0 saturated heterocycles. The first-order chi connectivity index (χ1) is 13.0. The maximum Gasteiger partial charge on any atom is 0.243 e. The molecule has 0 bridgehead atoms. The molecule has 6 heteroatoms. The highest BCUT2D eigenvalue weighted by molar-refractivity contribution is 5.87. The Morgan fingerprint density at radius 1 is 0.862 bits per heavy atom. The second kappa shape index (κ2) is 10.4. The Bertz CT molecular complexity index is 592. The summed E-state index contributed by atoms with van der Waals surface area (Å²) in [4.78, 5) is 23.0. The van der Waals surface area contributed by atoms with Crippen LogP contribution in [0.15, 0.2) is 25.3 Å². The Kier molecular flexibility index (Phi) is 9.80. The van der Waals surface area contributed by atoms with Gasteiger partial charge in [-0.15, -0.1) is 0 Å². The fourth-order valence-electron chi connectivity index (χ4n) is 4.33. The van der Waals surface area contributed by atoms with Gasteiger partial charge in [0.15, 0.2) is 0 Å². The van der Waals surface area contributed by atoms with Crippen LogP contribution in [-0.2, 0) is 9.59 Å². The molecule has 0 aliphatic heterocycles. The largest absolute Gasteiger partial charge is 0.352 e. The second-order valence-electron chi connectivity index (χ2n) is 11.2. The van der Waals surface area contributed by atoms with Crippen LogP contribution in [0.4, 0.5) is 0 Å². The van der Waals surface area contributed by atoms with Crippen molar-refractivity contribution >= 4 is 11.8 Å². The molecule has 0 aromatic heterocycles. The average molecular weight is 411 g/mol. The Morgan fingerprint density at radius 2 is 1.24 bits per heavy atom. The minimum atomic E-state index is -0.125. The number of nitrogens with zero attached hydrogens (tertiary/aromatic N) is 2. The van der Waals surface area contributed by atoms with Gasteiger partial charge in [-0.2, -0.15) is 0 Å². The van der Waals surface area contributed by atoms with Crippen LogP contribution >= 0.6 is 0 Å². The quantitative estimate of drug-likeness (QED) is 0.361. The molecule has 0 heterocycles. The van der Waals surface area contributed by atoms with E-state index in [-0.39, 0.29) is 22.6 Å². The number of hydrogen-bond donors (Lipinski definition) is 2. The van der Waals surface area contributed by atoms with Crippen LogP contribution in [0.1, 0.15) is 34.6 Å². The van der Waals surface area contributed by atoms with E-state index in [4.69, 9.17) is 0 Å². The molecule has 0 radical (unpaired) electrons. The van der Waals surface area contributed by atoms with Crippen molar-refractivity contribution in [2.75, 3.05) is 60.9 Å². The molecule has 0 rings (SSSR count). The van der Waals surface area contributed by atoms with Crippen molar-refractivity contribution in [3.63, 3.8) is 0 Å². The molecule has 29 heavy (non-hydrogen) atoms. The van der Waals surface area contributed by atoms with Gasteiger partial charge in [0.25, 0.3) is 0 Å². The molecule has 168 valence electrons. The third-order valence-electron chi connectivity index (χ3n) is 5.50. The number of hydrogen-bond acceptors (Lipinski definition) is 2. The minimum Gasteiger partial charge on any atom is -0.352 e. The number of carbonyl (C=O) groups excluding carboxylic acids is 2. The summed E-state index contributed by atoms with van der Waals surface area (Å²) in [5, 5.41) is 5.85. The molecule has 2 N–H and O–H groups in total. The molecule has 0 saturated carbocycles. The molecule has 0 aromatic rings. The minimum absolute atomic E-state index is 0.0206. The molecule has 2 amide bonds. The van der Waals surface area contributed by atoms with Crippen LogP contribution in [0.3, 0.4) is 0 Å². The van der Waals surface area contributed by atoms with Gasteiger partial charge >= 0.3 is 0 Å². The van der Waals surface area contributed by atoms with Gasteiger partial charge in [0.2, 0.25) is 11.8 Å². The Balaban J connectivity index is 4.95. The lowest BCUT2D eigenvalue weighted by atomic mass is 9.90. The third-order valence-corrected chi connectivity index (χ3v) is 5.50. The van der Waals surface area contributed by atoms with Crippen LogP contribution in [0.25, 0.3) is 0 Å². The summed E-state index contributed by atoms with van der Waals surface area (Å²) in [6.07, 6.45) is 2.63. The molecule has 0 aliphatic rings. The second-order valence-corrected chi connectivity index (χ2v) is 11.2. The van der Waals surface area contributed by atoms with Crippen LogP contribution in [0.5, 0.6) is 0 Å². The Labute approximate surface area is 179 Å². The highest BCUT2D eigenvalue weighted by atomic mass is 16.2. The van der Waals surface area contributed by atoms with E-state index >= 15 is 0 Å². The van der Waals surface area contributed by atoms with Crippen LogP contribution < -0.4 is 10.6 Å². The van der Waals surface area contributed by atoms with Gasteiger partial charge < -0.3 is 19.6 Å². The van der Waals surface area contributed by atoms with Gasteiger partial charge in [0.1, 0.15) is 12.6 Å². The molecular formula is C23H46N4O2+2. The first-order valence-electron chi connectivity index (χ1n) is 10.4. The highest BCUT2D eigenvalue weighted by Crippen LogP contribution is 2.24. The standard InChI is InChI=1S/C23H44N4O2/c1-12-20(28)24-15-22(4,5)17-26(8,9)14-19(3)27(10,11)18-23(6,7)16-25-21(29)13-2/h12-13,19H,1-2,14-18H2,3-11H3/p+2.